The second-order valence-corrected chi connectivity index (χ2v) is 5.63. The molecule has 0 fully saturated rings. The van der Waals surface area contributed by atoms with Gasteiger partial charge in [0.2, 0.25) is 0 Å². The van der Waals surface area contributed by atoms with Crippen LogP contribution in [0.25, 0.3) is 11.1 Å². The zero-order valence-corrected chi connectivity index (χ0v) is 13.5. The zero-order chi connectivity index (χ0) is 16.1. The van der Waals surface area contributed by atoms with Crippen molar-refractivity contribution >= 4 is 0 Å². The van der Waals surface area contributed by atoms with Crippen molar-refractivity contribution in [2.75, 3.05) is 0 Å². The summed E-state index contributed by atoms with van der Waals surface area (Å²) in [7, 11) is 0. The third-order valence-corrected chi connectivity index (χ3v) is 3.99. The first-order valence-corrected chi connectivity index (χ1v) is 7.73. The second-order valence-electron chi connectivity index (χ2n) is 5.63. The van der Waals surface area contributed by atoms with E-state index < -0.39 is 0 Å². The lowest BCUT2D eigenvalue weighted by Crippen LogP contribution is -2.10. The molecule has 0 aliphatic heterocycles. The molecule has 0 aromatic heterocycles. The summed E-state index contributed by atoms with van der Waals surface area (Å²) in [5.41, 5.74) is 2.38. The molecule has 2 atom stereocenters. The van der Waals surface area contributed by atoms with E-state index in [1.807, 2.05) is 56.3 Å². The van der Waals surface area contributed by atoms with Gasteiger partial charge in [0, 0.05) is 11.5 Å². The lowest BCUT2D eigenvalue weighted by atomic mass is 9.96. The first-order valence-electron chi connectivity index (χ1n) is 7.73. The highest BCUT2D eigenvalue weighted by Crippen LogP contribution is 2.29. The minimum absolute atomic E-state index is 0.0340. The third kappa shape index (κ3) is 3.76. The van der Waals surface area contributed by atoms with Crippen molar-refractivity contribution in [3.8, 4) is 11.1 Å². The summed E-state index contributed by atoms with van der Waals surface area (Å²) in [6.45, 7) is 10.0. The lowest BCUT2D eigenvalue weighted by molar-refractivity contribution is 0.118. The average molecular weight is 298 g/mol. The number of hydrogen-bond acceptors (Lipinski definition) is 1. The number of rotatable bonds is 6. The van der Waals surface area contributed by atoms with E-state index >= 15 is 0 Å². The molecule has 0 aliphatic carbocycles. The Morgan fingerprint density at radius 3 is 2.41 bits per heavy atom. The molecular weight excluding hydrogens is 275 g/mol. The molecule has 0 saturated heterocycles. The van der Waals surface area contributed by atoms with Gasteiger partial charge in [-0.2, -0.15) is 0 Å². The predicted molar refractivity (Wildman–Crippen MR) is 90.2 cm³/mol. The molecule has 0 radical (unpaired) electrons. The Morgan fingerprint density at radius 2 is 1.82 bits per heavy atom. The summed E-state index contributed by atoms with van der Waals surface area (Å²) in [5.74, 6) is 0.432. The van der Waals surface area contributed by atoms with Crippen molar-refractivity contribution in [3.05, 3.63) is 72.2 Å². The zero-order valence-electron chi connectivity index (χ0n) is 13.5. The minimum atomic E-state index is -0.216. The van der Waals surface area contributed by atoms with Gasteiger partial charge in [0.15, 0.2) is 0 Å². The van der Waals surface area contributed by atoms with Crippen LogP contribution in [0.4, 0.5) is 4.39 Å². The highest BCUT2D eigenvalue weighted by molar-refractivity contribution is 5.64. The fourth-order valence-corrected chi connectivity index (χ4v) is 2.28. The largest absolute Gasteiger partial charge is 0.495 e. The van der Waals surface area contributed by atoms with Crippen molar-refractivity contribution < 1.29 is 9.13 Å². The van der Waals surface area contributed by atoms with E-state index in [9.17, 15) is 4.39 Å². The second kappa shape index (κ2) is 7.26. The molecule has 2 aromatic rings. The average Bonchev–Trinajstić information content (AvgIpc) is 2.54. The Bertz CT molecular complexity index is 633. The standard InChI is InChI=1S/C20H23FO/c1-5-14(2)22-16(4)15(3)18-11-12-19(20(21)13-18)17-9-7-6-8-10-17/h6-15H,4-5H2,1-3H3. The van der Waals surface area contributed by atoms with Crippen LogP contribution in [0.5, 0.6) is 0 Å². The summed E-state index contributed by atoms with van der Waals surface area (Å²) in [6, 6.07) is 14.9. The van der Waals surface area contributed by atoms with Crippen molar-refractivity contribution in [1.29, 1.82) is 0 Å². The van der Waals surface area contributed by atoms with Crippen molar-refractivity contribution in [1.82, 2.24) is 0 Å². The molecule has 1 nitrogen and oxygen atoms in total. The SMILES string of the molecule is C=C(OC(C)CC)C(C)c1ccc(-c2ccccc2)c(F)c1. The molecule has 116 valence electrons. The maximum atomic E-state index is 14.4. The van der Waals surface area contributed by atoms with Gasteiger partial charge < -0.3 is 4.74 Å². The van der Waals surface area contributed by atoms with Crippen molar-refractivity contribution in [3.63, 3.8) is 0 Å². The number of hydrogen-bond donors (Lipinski definition) is 0. The number of ether oxygens (including phenoxy) is 1. The Kier molecular flexibility index (Phi) is 5.37. The van der Waals surface area contributed by atoms with Crippen LogP contribution in [0.2, 0.25) is 0 Å². The van der Waals surface area contributed by atoms with E-state index in [1.54, 1.807) is 6.07 Å². The molecular formula is C20H23FO. The van der Waals surface area contributed by atoms with E-state index in [4.69, 9.17) is 4.74 Å². The number of allylic oxidation sites excluding steroid dienone is 1. The Labute approximate surface area is 132 Å². The third-order valence-electron chi connectivity index (χ3n) is 3.99. The van der Waals surface area contributed by atoms with Crippen LogP contribution < -0.4 is 0 Å². The molecule has 2 rings (SSSR count). The normalized spacial score (nSPS) is 13.5. The van der Waals surface area contributed by atoms with Gasteiger partial charge in [-0.25, -0.2) is 4.39 Å². The molecule has 0 amide bonds. The summed E-state index contributed by atoms with van der Waals surface area (Å²) in [5, 5.41) is 0. The fourth-order valence-electron chi connectivity index (χ4n) is 2.28. The van der Waals surface area contributed by atoms with Crippen LogP contribution in [-0.2, 0) is 4.74 Å². The molecule has 2 unspecified atom stereocenters. The summed E-state index contributed by atoms with van der Waals surface area (Å²) in [4.78, 5) is 0. The van der Waals surface area contributed by atoms with Gasteiger partial charge in [-0.15, -0.1) is 0 Å². The van der Waals surface area contributed by atoms with Gasteiger partial charge in [0.25, 0.3) is 0 Å². The maximum absolute atomic E-state index is 14.4. The van der Waals surface area contributed by atoms with Crippen LogP contribution in [-0.4, -0.2) is 6.10 Å². The van der Waals surface area contributed by atoms with Gasteiger partial charge in [-0.3, -0.25) is 0 Å². The van der Waals surface area contributed by atoms with Crippen molar-refractivity contribution in [2.24, 2.45) is 0 Å². The molecule has 0 saturated carbocycles. The molecule has 0 aliphatic rings. The van der Waals surface area contributed by atoms with Crippen molar-refractivity contribution in [2.45, 2.75) is 39.2 Å². The monoisotopic (exact) mass is 298 g/mol. The highest BCUT2D eigenvalue weighted by atomic mass is 19.1. The maximum Gasteiger partial charge on any atom is 0.131 e. The number of halogens is 1. The quantitative estimate of drug-likeness (QED) is 0.601. The van der Waals surface area contributed by atoms with Gasteiger partial charge in [-0.1, -0.05) is 62.9 Å². The van der Waals surface area contributed by atoms with Crippen LogP contribution in [0, 0.1) is 5.82 Å². The van der Waals surface area contributed by atoms with Crippen LogP contribution in [0.1, 0.15) is 38.7 Å². The molecule has 0 spiro atoms. The van der Waals surface area contributed by atoms with E-state index in [2.05, 4.69) is 13.5 Å². The Morgan fingerprint density at radius 1 is 1.14 bits per heavy atom. The Hall–Kier alpha value is -2.09. The van der Waals surface area contributed by atoms with Gasteiger partial charge in [-0.05, 0) is 30.5 Å². The molecule has 22 heavy (non-hydrogen) atoms. The van der Waals surface area contributed by atoms with E-state index in [0.717, 1.165) is 17.5 Å². The van der Waals surface area contributed by atoms with Gasteiger partial charge in [0.1, 0.15) is 5.82 Å². The van der Waals surface area contributed by atoms with Gasteiger partial charge in [0.05, 0.1) is 11.9 Å². The molecule has 0 heterocycles. The highest BCUT2D eigenvalue weighted by Gasteiger charge is 2.15. The van der Waals surface area contributed by atoms with E-state index in [-0.39, 0.29) is 17.8 Å². The lowest BCUT2D eigenvalue weighted by Gasteiger charge is -2.20. The smallest absolute Gasteiger partial charge is 0.131 e. The Balaban J connectivity index is 2.20. The summed E-state index contributed by atoms with van der Waals surface area (Å²) >= 11 is 0. The molecule has 2 heteroatoms. The first kappa shape index (κ1) is 16.3. The summed E-state index contributed by atoms with van der Waals surface area (Å²) < 4.78 is 20.2. The van der Waals surface area contributed by atoms with E-state index in [0.29, 0.717) is 11.3 Å². The van der Waals surface area contributed by atoms with Gasteiger partial charge >= 0.3 is 0 Å². The first-order chi connectivity index (χ1) is 10.5. The summed E-state index contributed by atoms with van der Waals surface area (Å²) in [6.07, 6.45) is 1.05. The number of benzene rings is 2. The van der Waals surface area contributed by atoms with E-state index in [1.165, 1.54) is 0 Å². The van der Waals surface area contributed by atoms with Crippen LogP contribution in [0.3, 0.4) is 0 Å². The minimum Gasteiger partial charge on any atom is -0.495 e. The van der Waals surface area contributed by atoms with Crippen LogP contribution in [0.15, 0.2) is 60.9 Å². The molecule has 0 N–H and O–H groups in total. The fraction of sp³-hybridized carbons (Fsp3) is 0.300. The molecule has 2 aromatic carbocycles. The predicted octanol–water partition coefficient (Wildman–Crippen LogP) is 5.93. The topological polar surface area (TPSA) is 9.23 Å². The van der Waals surface area contributed by atoms with Crippen LogP contribution >= 0.6 is 0 Å². The molecule has 0 bridgehead atoms.